The monoisotopic (exact) mass is 366 g/mol. The van der Waals surface area contributed by atoms with Gasteiger partial charge in [0.1, 0.15) is 0 Å². The maximum absolute atomic E-state index is 12.0. The van der Waals surface area contributed by atoms with Crippen molar-refractivity contribution in [3.05, 3.63) is 70.8 Å². The van der Waals surface area contributed by atoms with Gasteiger partial charge in [-0.05, 0) is 42.7 Å². The molecule has 0 bridgehead atoms. The number of carbonyl (C=O) groups is 1. The summed E-state index contributed by atoms with van der Waals surface area (Å²) in [5, 5.41) is 3.35. The Labute approximate surface area is 162 Å². The molecule has 0 saturated carbocycles. The molecule has 27 heavy (non-hydrogen) atoms. The molecular formula is C22H30N4O. The molecule has 0 heterocycles. The molecule has 0 aliphatic carbocycles. The second-order valence-electron chi connectivity index (χ2n) is 6.85. The summed E-state index contributed by atoms with van der Waals surface area (Å²) < 4.78 is 0. The van der Waals surface area contributed by atoms with Gasteiger partial charge in [0.15, 0.2) is 5.96 Å². The highest BCUT2D eigenvalue weighted by Gasteiger charge is 2.09. The van der Waals surface area contributed by atoms with Crippen molar-refractivity contribution in [2.75, 3.05) is 27.7 Å². The molecule has 2 rings (SSSR count). The van der Waals surface area contributed by atoms with Gasteiger partial charge in [-0.2, -0.15) is 0 Å². The van der Waals surface area contributed by atoms with Crippen LogP contribution in [-0.4, -0.2) is 49.4 Å². The number of hydrogen-bond acceptors (Lipinski definition) is 2. The lowest BCUT2D eigenvalue weighted by atomic mass is 10.1. The van der Waals surface area contributed by atoms with Crippen LogP contribution in [0.5, 0.6) is 0 Å². The van der Waals surface area contributed by atoms with Gasteiger partial charge < -0.3 is 15.1 Å². The molecule has 0 saturated heterocycles. The van der Waals surface area contributed by atoms with E-state index >= 15 is 0 Å². The number of nitrogens with zero attached hydrogens (tertiary/aromatic N) is 3. The predicted octanol–water partition coefficient (Wildman–Crippen LogP) is 3.29. The molecule has 144 valence electrons. The first-order chi connectivity index (χ1) is 12.9. The number of benzene rings is 2. The van der Waals surface area contributed by atoms with Gasteiger partial charge in [0.05, 0.1) is 6.54 Å². The largest absolute Gasteiger partial charge is 0.357 e. The van der Waals surface area contributed by atoms with Gasteiger partial charge in [0, 0.05) is 39.8 Å². The van der Waals surface area contributed by atoms with E-state index in [2.05, 4.69) is 48.3 Å². The van der Waals surface area contributed by atoms with Crippen molar-refractivity contribution in [1.82, 2.24) is 15.1 Å². The summed E-state index contributed by atoms with van der Waals surface area (Å²) in [5.41, 5.74) is 4.33. The Morgan fingerprint density at radius 2 is 1.70 bits per heavy atom. The maximum atomic E-state index is 12.0. The minimum Gasteiger partial charge on any atom is -0.357 e. The molecule has 0 atom stereocenters. The number of aliphatic imine (C=N–C) groups is 1. The minimum atomic E-state index is 0.0105. The van der Waals surface area contributed by atoms with Gasteiger partial charge in [0.25, 0.3) is 5.91 Å². The number of guanidine groups is 1. The van der Waals surface area contributed by atoms with E-state index in [1.807, 2.05) is 31.3 Å². The molecule has 5 nitrogen and oxygen atoms in total. The van der Waals surface area contributed by atoms with Crippen LogP contribution in [0.1, 0.15) is 34.0 Å². The third-order valence-electron chi connectivity index (χ3n) is 4.38. The van der Waals surface area contributed by atoms with Crippen molar-refractivity contribution in [3.8, 4) is 0 Å². The van der Waals surface area contributed by atoms with Crippen LogP contribution in [0.2, 0.25) is 0 Å². The molecule has 5 heteroatoms. The van der Waals surface area contributed by atoms with Gasteiger partial charge in [-0.25, -0.2) is 4.99 Å². The lowest BCUT2D eigenvalue weighted by Crippen LogP contribution is -2.38. The van der Waals surface area contributed by atoms with Crippen molar-refractivity contribution in [2.45, 2.75) is 26.9 Å². The highest BCUT2D eigenvalue weighted by Crippen LogP contribution is 2.11. The fourth-order valence-corrected chi connectivity index (χ4v) is 2.76. The highest BCUT2D eigenvalue weighted by molar-refractivity contribution is 5.93. The first kappa shape index (κ1) is 20.5. The van der Waals surface area contributed by atoms with Crippen molar-refractivity contribution in [1.29, 1.82) is 0 Å². The summed E-state index contributed by atoms with van der Waals surface area (Å²) in [4.78, 5) is 20.4. The van der Waals surface area contributed by atoms with E-state index in [1.165, 1.54) is 11.1 Å². The number of hydrogen-bond donors (Lipinski definition) is 1. The van der Waals surface area contributed by atoms with Crippen LogP contribution in [0.4, 0.5) is 0 Å². The van der Waals surface area contributed by atoms with Crippen LogP contribution in [0, 0.1) is 6.92 Å². The summed E-state index contributed by atoms with van der Waals surface area (Å²) in [6, 6.07) is 16.0. The van der Waals surface area contributed by atoms with E-state index in [0.29, 0.717) is 12.1 Å². The molecule has 2 aromatic rings. The Balaban J connectivity index is 2.08. The molecular weight excluding hydrogens is 336 g/mol. The smallest absolute Gasteiger partial charge is 0.253 e. The van der Waals surface area contributed by atoms with Crippen LogP contribution in [-0.2, 0) is 13.1 Å². The highest BCUT2D eigenvalue weighted by atomic mass is 16.2. The normalized spacial score (nSPS) is 11.2. The zero-order valence-corrected chi connectivity index (χ0v) is 17.0. The van der Waals surface area contributed by atoms with Crippen molar-refractivity contribution >= 4 is 11.9 Å². The Kier molecular flexibility index (Phi) is 7.41. The van der Waals surface area contributed by atoms with E-state index in [9.17, 15) is 4.79 Å². The van der Waals surface area contributed by atoms with Crippen LogP contribution in [0.3, 0.4) is 0 Å². The van der Waals surface area contributed by atoms with Crippen molar-refractivity contribution in [3.63, 3.8) is 0 Å². The minimum absolute atomic E-state index is 0.0105. The topological polar surface area (TPSA) is 47.9 Å². The Morgan fingerprint density at radius 3 is 2.30 bits per heavy atom. The van der Waals surface area contributed by atoms with E-state index in [4.69, 9.17) is 4.99 Å². The predicted molar refractivity (Wildman–Crippen MR) is 112 cm³/mol. The van der Waals surface area contributed by atoms with Gasteiger partial charge >= 0.3 is 0 Å². The van der Waals surface area contributed by atoms with Gasteiger partial charge in [-0.15, -0.1) is 0 Å². The van der Waals surface area contributed by atoms with Gasteiger partial charge in [-0.3, -0.25) is 4.79 Å². The third-order valence-corrected chi connectivity index (χ3v) is 4.38. The first-order valence-corrected chi connectivity index (χ1v) is 9.27. The molecule has 1 N–H and O–H groups in total. The van der Waals surface area contributed by atoms with Crippen LogP contribution in [0.15, 0.2) is 53.5 Å². The SMILES string of the molecule is CCNC(=NCc1ccc(C(=O)N(C)C)cc1)N(C)Cc1ccccc1C. The molecule has 0 aromatic heterocycles. The summed E-state index contributed by atoms with van der Waals surface area (Å²) in [7, 11) is 5.56. The summed E-state index contributed by atoms with van der Waals surface area (Å²) in [5.74, 6) is 0.880. The van der Waals surface area contributed by atoms with E-state index in [-0.39, 0.29) is 5.91 Å². The summed E-state index contributed by atoms with van der Waals surface area (Å²) in [6.07, 6.45) is 0. The second kappa shape index (κ2) is 9.76. The molecule has 0 unspecified atom stereocenters. The average Bonchev–Trinajstić information content (AvgIpc) is 2.66. The zero-order chi connectivity index (χ0) is 19.8. The van der Waals surface area contributed by atoms with Crippen molar-refractivity contribution < 1.29 is 4.79 Å². The summed E-state index contributed by atoms with van der Waals surface area (Å²) in [6.45, 7) is 6.38. The molecule has 0 aliphatic rings. The molecule has 0 radical (unpaired) electrons. The fraction of sp³-hybridized carbons (Fsp3) is 0.364. The van der Waals surface area contributed by atoms with Crippen molar-refractivity contribution in [2.24, 2.45) is 4.99 Å². The second-order valence-corrected chi connectivity index (χ2v) is 6.85. The van der Waals surface area contributed by atoms with E-state index in [0.717, 1.165) is 24.6 Å². The number of nitrogens with one attached hydrogen (secondary N) is 1. The number of rotatable bonds is 6. The Morgan fingerprint density at radius 1 is 1.04 bits per heavy atom. The number of aryl methyl sites for hydroxylation is 1. The van der Waals surface area contributed by atoms with E-state index < -0.39 is 0 Å². The average molecular weight is 367 g/mol. The Bertz CT molecular complexity index is 781. The van der Waals surface area contributed by atoms with Gasteiger partial charge in [-0.1, -0.05) is 36.4 Å². The molecule has 1 amide bonds. The lowest BCUT2D eigenvalue weighted by Gasteiger charge is -2.23. The van der Waals surface area contributed by atoms with Gasteiger partial charge in [0.2, 0.25) is 0 Å². The summed E-state index contributed by atoms with van der Waals surface area (Å²) >= 11 is 0. The number of carbonyl (C=O) groups excluding carboxylic acids is 1. The Hall–Kier alpha value is -2.82. The van der Waals surface area contributed by atoms with Crippen LogP contribution in [0.25, 0.3) is 0 Å². The fourth-order valence-electron chi connectivity index (χ4n) is 2.76. The third kappa shape index (κ3) is 5.84. The zero-order valence-electron chi connectivity index (χ0n) is 17.0. The number of amides is 1. The standard InChI is InChI=1S/C22H30N4O/c1-6-23-22(26(5)16-20-10-8-7-9-17(20)2)24-15-18-11-13-19(14-12-18)21(27)25(3)4/h7-14H,6,15-16H2,1-5H3,(H,23,24). The first-order valence-electron chi connectivity index (χ1n) is 9.27. The molecule has 2 aromatic carbocycles. The maximum Gasteiger partial charge on any atom is 0.253 e. The van der Waals surface area contributed by atoms with E-state index in [1.54, 1.807) is 19.0 Å². The van der Waals surface area contributed by atoms with Crippen LogP contribution < -0.4 is 5.32 Å². The quantitative estimate of drug-likeness (QED) is 0.630. The van der Waals surface area contributed by atoms with Crippen LogP contribution >= 0.6 is 0 Å². The molecule has 0 spiro atoms. The molecule has 0 aliphatic heterocycles. The molecule has 0 fully saturated rings. The lowest BCUT2D eigenvalue weighted by molar-refractivity contribution is 0.0827.